The smallest absolute Gasteiger partial charge is 0.123 e. The minimum absolute atomic E-state index is 0.155. The van der Waals surface area contributed by atoms with Crippen molar-refractivity contribution in [3.63, 3.8) is 0 Å². The van der Waals surface area contributed by atoms with Crippen LogP contribution in [0.15, 0.2) is 65.0 Å². The molecule has 1 heterocycles. The van der Waals surface area contributed by atoms with E-state index in [0.29, 0.717) is 6.61 Å². The first kappa shape index (κ1) is 18.0. The fraction of sp³-hybridized carbons (Fsp3) is 0.350. The number of benzene rings is 1. The summed E-state index contributed by atoms with van der Waals surface area (Å²) in [6, 6.07) is 8.31. The van der Waals surface area contributed by atoms with Crippen molar-refractivity contribution in [1.82, 2.24) is 5.32 Å². The van der Waals surface area contributed by atoms with E-state index in [1.807, 2.05) is 45.0 Å². The van der Waals surface area contributed by atoms with Crippen LogP contribution < -0.4 is 15.8 Å². The van der Waals surface area contributed by atoms with Crippen LogP contribution in [0.5, 0.6) is 5.75 Å². The first-order chi connectivity index (χ1) is 11.7. The number of ether oxygens (including phenoxy) is 1. The second kappa shape index (κ2) is 9.08. The maximum atomic E-state index is 5.96. The Morgan fingerprint density at radius 1 is 1.38 bits per heavy atom. The highest BCUT2D eigenvalue weighted by Gasteiger charge is 2.17. The molecule has 2 rings (SSSR count). The van der Waals surface area contributed by atoms with E-state index in [1.54, 1.807) is 6.20 Å². The number of nitrogens with two attached hydrogens (primary N) is 1. The van der Waals surface area contributed by atoms with E-state index >= 15 is 0 Å². The second-order valence-electron chi connectivity index (χ2n) is 5.74. The standard InChI is InChI=1S/C20H27N3O/c1-4-16(11-10-15(3)23-18(5-2)12-21)19-14-24-20-9-7-6-8-17(20)13-22-19/h4,6-12,19,22H,5,13-14,21H2,1-3H3/b11-10-,16-4+,18-12-,23-15+. The molecule has 0 spiro atoms. The van der Waals surface area contributed by atoms with E-state index in [2.05, 4.69) is 28.5 Å². The van der Waals surface area contributed by atoms with Crippen LogP contribution >= 0.6 is 0 Å². The van der Waals surface area contributed by atoms with Gasteiger partial charge in [-0.25, -0.2) is 0 Å². The van der Waals surface area contributed by atoms with Crippen LogP contribution in [-0.2, 0) is 6.54 Å². The topological polar surface area (TPSA) is 59.6 Å². The van der Waals surface area contributed by atoms with Gasteiger partial charge in [0.2, 0.25) is 0 Å². The van der Waals surface area contributed by atoms with Gasteiger partial charge in [0.1, 0.15) is 12.4 Å². The first-order valence-corrected chi connectivity index (χ1v) is 8.42. The molecule has 24 heavy (non-hydrogen) atoms. The summed E-state index contributed by atoms with van der Waals surface area (Å²) < 4.78 is 5.96. The van der Waals surface area contributed by atoms with Gasteiger partial charge in [-0.15, -0.1) is 0 Å². The lowest BCUT2D eigenvalue weighted by Gasteiger charge is -2.16. The summed E-state index contributed by atoms with van der Waals surface area (Å²) in [6.45, 7) is 7.48. The molecule has 4 nitrogen and oxygen atoms in total. The number of allylic oxidation sites excluding steroid dienone is 3. The Morgan fingerprint density at radius 2 is 2.17 bits per heavy atom. The van der Waals surface area contributed by atoms with E-state index < -0.39 is 0 Å². The zero-order chi connectivity index (χ0) is 17.4. The van der Waals surface area contributed by atoms with Crippen LogP contribution in [-0.4, -0.2) is 18.4 Å². The molecular weight excluding hydrogens is 298 g/mol. The molecule has 0 amide bonds. The van der Waals surface area contributed by atoms with Crippen molar-refractivity contribution >= 4 is 5.71 Å². The molecule has 4 heteroatoms. The number of hydrogen-bond acceptors (Lipinski definition) is 4. The molecule has 0 aliphatic carbocycles. The van der Waals surface area contributed by atoms with Crippen molar-refractivity contribution in [2.24, 2.45) is 10.7 Å². The Morgan fingerprint density at radius 3 is 2.88 bits per heavy atom. The lowest BCUT2D eigenvalue weighted by molar-refractivity contribution is 0.296. The molecule has 0 radical (unpaired) electrons. The normalized spacial score (nSPS) is 19.8. The molecular formula is C20H27N3O. The zero-order valence-corrected chi connectivity index (χ0v) is 14.8. The number of aliphatic imine (C=N–C) groups is 1. The summed E-state index contributed by atoms with van der Waals surface area (Å²) in [5.41, 5.74) is 9.77. The summed E-state index contributed by atoms with van der Waals surface area (Å²) in [5.74, 6) is 0.963. The number of hydrogen-bond donors (Lipinski definition) is 2. The number of nitrogens with zero attached hydrogens (tertiary/aromatic N) is 1. The lowest BCUT2D eigenvalue weighted by atomic mass is 10.1. The van der Waals surface area contributed by atoms with Gasteiger partial charge in [-0.3, -0.25) is 4.99 Å². The number of para-hydroxylation sites is 1. The van der Waals surface area contributed by atoms with Crippen molar-refractivity contribution < 1.29 is 4.74 Å². The largest absolute Gasteiger partial charge is 0.491 e. The van der Waals surface area contributed by atoms with Gasteiger partial charge >= 0.3 is 0 Å². The molecule has 0 bridgehead atoms. The fourth-order valence-electron chi connectivity index (χ4n) is 2.60. The van der Waals surface area contributed by atoms with Gasteiger partial charge in [0.05, 0.1) is 11.7 Å². The molecule has 0 saturated carbocycles. The maximum Gasteiger partial charge on any atom is 0.123 e. The second-order valence-corrected chi connectivity index (χ2v) is 5.74. The van der Waals surface area contributed by atoms with Crippen LogP contribution in [0.25, 0.3) is 0 Å². The molecule has 3 N–H and O–H groups in total. The first-order valence-electron chi connectivity index (χ1n) is 8.42. The Kier molecular flexibility index (Phi) is 6.82. The summed E-state index contributed by atoms with van der Waals surface area (Å²) >= 11 is 0. The number of fused-ring (bicyclic) bond motifs is 1. The third-order valence-corrected chi connectivity index (χ3v) is 4.04. The van der Waals surface area contributed by atoms with Crippen molar-refractivity contribution in [2.75, 3.05) is 6.61 Å². The van der Waals surface area contributed by atoms with Gasteiger partial charge in [0.25, 0.3) is 0 Å². The van der Waals surface area contributed by atoms with Crippen molar-refractivity contribution in [1.29, 1.82) is 0 Å². The summed E-state index contributed by atoms with van der Waals surface area (Å²) in [7, 11) is 0. The van der Waals surface area contributed by atoms with Crippen LogP contribution in [0, 0.1) is 0 Å². The predicted molar refractivity (Wildman–Crippen MR) is 101 cm³/mol. The minimum atomic E-state index is 0.155. The molecule has 1 atom stereocenters. The van der Waals surface area contributed by atoms with Crippen molar-refractivity contribution in [3.8, 4) is 5.75 Å². The highest BCUT2D eigenvalue weighted by molar-refractivity contribution is 5.93. The number of nitrogens with one attached hydrogen (secondary N) is 1. The van der Waals surface area contributed by atoms with E-state index in [-0.39, 0.29) is 6.04 Å². The molecule has 0 fully saturated rings. The Bertz CT molecular complexity index is 644. The highest BCUT2D eigenvalue weighted by atomic mass is 16.5. The van der Waals surface area contributed by atoms with Crippen LogP contribution in [0.3, 0.4) is 0 Å². The highest BCUT2D eigenvalue weighted by Crippen LogP contribution is 2.22. The molecule has 1 aliphatic rings. The summed E-state index contributed by atoms with van der Waals surface area (Å²) in [6.07, 6.45) is 8.62. The van der Waals surface area contributed by atoms with E-state index in [4.69, 9.17) is 10.5 Å². The van der Waals surface area contributed by atoms with E-state index in [1.165, 1.54) is 11.1 Å². The van der Waals surface area contributed by atoms with Crippen LogP contribution in [0.2, 0.25) is 0 Å². The van der Waals surface area contributed by atoms with E-state index in [9.17, 15) is 0 Å². The minimum Gasteiger partial charge on any atom is -0.491 e. The molecule has 1 aromatic carbocycles. The monoisotopic (exact) mass is 325 g/mol. The maximum absolute atomic E-state index is 5.96. The van der Waals surface area contributed by atoms with Gasteiger partial charge in [0, 0.05) is 24.0 Å². The molecule has 1 unspecified atom stereocenters. The molecule has 0 saturated heterocycles. The van der Waals surface area contributed by atoms with Crippen molar-refractivity contribution in [3.05, 3.63) is 65.5 Å². The SMILES string of the molecule is C\C=C(/C=C\C(C)=N\C(=C/N)CC)C1COc2ccccc2CN1. The third kappa shape index (κ3) is 4.83. The zero-order valence-electron chi connectivity index (χ0n) is 14.8. The lowest BCUT2D eigenvalue weighted by Crippen LogP contribution is -2.33. The molecule has 0 aromatic heterocycles. The average Bonchev–Trinajstić information content (AvgIpc) is 2.83. The Hall–Kier alpha value is -2.33. The Labute approximate surface area is 144 Å². The quantitative estimate of drug-likeness (QED) is 0.641. The van der Waals surface area contributed by atoms with Gasteiger partial charge in [-0.1, -0.05) is 37.3 Å². The third-order valence-electron chi connectivity index (χ3n) is 4.04. The van der Waals surface area contributed by atoms with Gasteiger partial charge in [0.15, 0.2) is 0 Å². The molecule has 1 aliphatic heterocycles. The summed E-state index contributed by atoms with van der Waals surface area (Å²) in [5, 5.41) is 3.56. The average molecular weight is 325 g/mol. The van der Waals surface area contributed by atoms with E-state index in [0.717, 1.165) is 30.1 Å². The van der Waals surface area contributed by atoms with Gasteiger partial charge in [-0.05, 0) is 38.0 Å². The van der Waals surface area contributed by atoms with Crippen LogP contribution in [0.4, 0.5) is 0 Å². The number of rotatable bonds is 5. The van der Waals surface area contributed by atoms with Gasteiger partial charge < -0.3 is 15.8 Å². The fourth-order valence-corrected chi connectivity index (χ4v) is 2.60. The Balaban J connectivity index is 2.06. The summed E-state index contributed by atoms with van der Waals surface area (Å²) in [4.78, 5) is 4.50. The van der Waals surface area contributed by atoms with Crippen LogP contribution in [0.1, 0.15) is 32.8 Å². The molecule has 128 valence electrons. The van der Waals surface area contributed by atoms with Crippen molar-refractivity contribution in [2.45, 2.75) is 39.8 Å². The van der Waals surface area contributed by atoms with Gasteiger partial charge in [-0.2, -0.15) is 0 Å². The predicted octanol–water partition coefficient (Wildman–Crippen LogP) is 3.71. The molecule has 1 aromatic rings.